The van der Waals surface area contributed by atoms with Crippen LogP contribution in [0.2, 0.25) is 0 Å². The molecule has 4 atom stereocenters. The van der Waals surface area contributed by atoms with Gasteiger partial charge in [-0.1, -0.05) is 70.2 Å². The molecular weight excluding hydrogens is 606 g/mol. The van der Waals surface area contributed by atoms with E-state index in [1.807, 2.05) is 47.4 Å². The largest absolute Gasteiger partial charge is 0.508 e. The van der Waals surface area contributed by atoms with Crippen LogP contribution in [0, 0.1) is 11.8 Å². The number of hydrogen-bond donors (Lipinski definition) is 2. The van der Waals surface area contributed by atoms with Gasteiger partial charge in [0.05, 0.1) is 6.04 Å². The molecule has 3 fully saturated rings. The average Bonchev–Trinajstić information content (AvgIpc) is 3.49. The molecule has 3 heterocycles. The molecule has 10 heteroatoms. The third kappa shape index (κ3) is 8.75. The normalized spacial score (nSPS) is 23.0. The number of nitrogens with one attached hydrogen (secondary N) is 1. The molecule has 4 amide bonds. The Morgan fingerprint density at radius 1 is 0.812 bits per heavy atom. The molecule has 3 saturated heterocycles. The number of piperazine rings is 2. The Morgan fingerprint density at radius 3 is 2.23 bits per heavy atom. The monoisotopic (exact) mass is 659 g/mol. The molecule has 0 bridgehead atoms. The molecule has 0 saturated carbocycles. The second kappa shape index (κ2) is 16.0. The number of carbonyl (C=O) groups is 4. The zero-order chi connectivity index (χ0) is 34.4. The molecule has 3 aliphatic rings. The summed E-state index contributed by atoms with van der Waals surface area (Å²) in [5.41, 5.74) is 2.11. The maximum atomic E-state index is 14.0. The Morgan fingerprint density at radius 2 is 1.54 bits per heavy atom. The number of rotatable bonds is 14. The lowest BCUT2D eigenvalue weighted by molar-refractivity contribution is -0.161. The summed E-state index contributed by atoms with van der Waals surface area (Å²) in [5, 5.41) is 12.6. The second-order valence-corrected chi connectivity index (χ2v) is 14.7. The highest BCUT2D eigenvalue weighted by atomic mass is 16.3. The topological polar surface area (TPSA) is 114 Å². The summed E-state index contributed by atoms with van der Waals surface area (Å²) in [6, 6.07) is 16.8. The van der Waals surface area contributed by atoms with Gasteiger partial charge in [-0.3, -0.25) is 24.1 Å². The predicted molar refractivity (Wildman–Crippen MR) is 185 cm³/mol. The van der Waals surface area contributed by atoms with E-state index in [0.717, 1.165) is 43.4 Å². The fourth-order valence-corrected chi connectivity index (χ4v) is 7.76. The number of nitrogens with zero attached hydrogens (tertiary/aromatic N) is 4. The van der Waals surface area contributed by atoms with Crippen LogP contribution in [-0.2, 0) is 32.0 Å². The Labute approximate surface area is 285 Å². The highest BCUT2D eigenvalue weighted by Crippen LogP contribution is 2.27. The maximum Gasteiger partial charge on any atom is 0.312 e. The Bertz CT molecular complexity index is 1410. The third-order valence-corrected chi connectivity index (χ3v) is 10.1. The summed E-state index contributed by atoms with van der Waals surface area (Å²) >= 11 is 0. The molecule has 2 N–H and O–H groups in total. The molecule has 5 rings (SSSR count). The first-order valence-corrected chi connectivity index (χ1v) is 17.8. The molecule has 0 unspecified atom stereocenters. The zero-order valence-electron chi connectivity index (χ0n) is 29.0. The second-order valence-electron chi connectivity index (χ2n) is 14.7. The molecular formula is C38H53N5O5. The smallest absolute Gasteiger partial charge is 0.312 e. The summed E-state index contributed by atoms with van der Waals surface area (Å²) in [4.78, 5) is 61.2. The minimum absolute atomic E-state index is 0.0343. The van der Waals surface area contributed by atoms with Gasteiger partial charge in [0.2, 0.25) is 0 Å². The van der Waals surface area contributed by atoms with Crippen molar-refractivity contribution in [2.24, 2.45) is 11.8 Å². The Balaban J connectivity index is 1.36. The number of hydrogen-bond acceptors (Lipinski definition) is 6. The molecule has 0 aliphatic carbocycles. The van der Waals surface area contributed by atoms with Gasteiger partial charge < -0.3 is 25.1 Å². The van der Waals surface area contributed by atoms with Gasteiger partial charge in [-0.05, 0) is 80.2 Å². The van der Waals surface area contributed by atoms with E-state index in [9.17, 15) is 24.3 Å². The number of carbonyl (C=O) groups excluding carboxylic acids is 4. The molecule has 2 aromatic rings. The Hall–Kier alpha value is -3.92. The van der Waals surface area contributed by atoms with Crippen molar-refractivity contribution in [2.75, 3.05) is 39.3 Å². The van der Waals surface area contributed by atoms with Crippen molar-refractivity contribution in [3.63, 3.8) is 0 Å². The summed E-state index contributed by atoms with van der Waals surface area (Å²) in [5.74, 6) is -1.03. The number of benzene rings is 2. The molecule has 2 aromatic carbocycles. The van der Waals surface area contributed by atoms with Crippen molar-refractivity contribution in [1.82, 2.24) is 24.9 Å². The van der Waals surface area contributed by atoms with E-state index < -0.39 is 23.6 Å². The van der Waals surface area contributed by atoms with Crippen LogP contribution < -0.4 is 5.32 Å². The van der Waals surface area contributed by atoms with Crippen LogP contribution >= 0.6 is 0 Å². The van der Waals surface area contributed by atoms with E-state index in [1.165, 1.54) is 0 Å². The molecule has 0 spiro atoms. The maximum absolute atomic E-state index is 14.0. The number of likely N-dealkylation sites (tertiary alicyclic amines) is 1. The Kier molecular flexibility index (Phi) is 11.8. The summed E-state index contributed by atoms with van der Waals surface area (Å²) < 4.78 is 0. The highest BCUT2D eigenvalue weighted by molar-refractivity contribution is 6.36. The molecule has 3 aliphatic heterocycles. The fourth-order valence-electron chi connectivity index (χ4n) is 7.76. The molecule has 48 heavy (non-hydrogen) atoms. The van der Waals surface area contributed by atoms with Crippen LogP contribution in [-0.4, -0.2) is 112 Å². The minimum Gasteiger partial charge on any atom is -0.508 e. The van der Waals surface area contributed by atoms with Crippen LogP contribution in [0.25, 0.3) is 0 Å². The van der Waals surface area contributed by atoms with Gasteiger partial charge in [0.1, 0.15) is 5.75 Å². The van der Waals surface area contributed by atoms with Gasteiger partial charge >= 0.3 is 23.6 Å². The first-order valence-electron chi connectivity index (χ1n) is 17.8. The summed E-state index contributed by atoms with van der Waals surface area (Å²) in [6.07, 6.45) is 4.69. The zero-order valence-corrected chi connectivity index (χ0v) is 29.0. The van der Waals surface area contributed by atoms with Crippen molar-refractivity contribution in [3.8, 4) is 5.75 Å². The summed E-state index contributed by atoms with van der Waals surface area (Å²) in [7, 11) is 0. The summed E-state index contributed by atoms with van der Waals surface area (Å²) in [6.45, 7) is 11.8. The molecule has 0 radical (unpaired) electrons. The fraction of sp³-hybridized carbons (Fsp3) is 0.579. The standard InChI is InChI=1S/C38H53N5O5/c1-26(2)19-31-22-39-35(45)36(46)42(31)24-30-11-8-17-40(30)23-32(20-27(3)4)43-25-33(21-29-12-14-34(44)15-13-29)41(37(47)38(43)48)18-16-28-9-6-5-7-10-28/h5-7,9-10,12-15,26-27,30-33,44H,8,11,16-25H2,1-4H3,(H,39,45)/t30-,31-,32-,33-/m0/s1. The van der Waals surface area contributed by atoms with E-state index >= 15 is 0 Å². The molecule has 260 valence electrons. The molecule has 10 nitrogen and oxygen atoms in total. The van der Waals surface area contributed by atoms with Crippen LogP contribution in [0.15, 0.2) is 54.6 Å². The van der Waals surface area contributed by atoms with Gasteiger partial charge in [-0.25, -0.2) is 0 Å². The number of amides is 4. The van der Waals surface area contributed by atoms with E-state index in [0.29, 0.717) is 57.4 Å². The van der Waals surface area contributed by atoms with Gasteiger partial charge in [0.25, 0.3) is 0 Å². The lowest BCUT2D eigenvalue weighted by atomic mass is 9.96. The lowest BCUT2D eigenvalue weighted by Gasteiger charge is -2.46. The quantitative estimate of drug-likeness (QED) is 0.301. The van der Waals surface area contributed by atoms with Crippen molar-refractivity contribution < 1.29 is 24.3 Å². The van der Waals surface area contributed by atoms with Crippen LogP contribution in [0.5, 0.6) is 5.75 Å². The average molecular weight is 660 g/mol. The molecule has 0 aromatic heterocycles. The number of aromatic hydroxyl groups is 1. The van der Waals surface area contributed by atoms with E-state index in [-0.39, 0.29) is 29.9 Å². The van der Waals surface area contributed by atoms with Crippen LogP contribution in [0.3, 0.4) is 0 Å². The van der Waals surface area contributed by atoms with Crippen molar-refractivity contribution in [1.29, 1.82) is 0 Å². The number of phenols is 1. The first-order chi connectivity index (χ1) is 23.0. The van der Waals surface area contributed by atoms with Gasteiger partial charge in [-0.15, -0.1) is 0 Å². The first kappa shape index (κ1) is 35.4. The van der Waals surface area contributed by atoms with Gasteiger partial charge in [0.15, 0.2) is 0 Å². The highest BCUT2D eigenvalue weighted by Gasteiger charge is 2.43. The van der Waals surface area contributed by atoms with Crippen molar-refractivity contribution in [3.05, 3.63) is 65.7 Å². The van der Waals surface area contributed by atoms with Gasteiger partial charge in [-0.2, -0.15) is 0 Å². The number of phenolic OH excluding ortho intramolecular Hbond substituents is 1. The van der Waals surface area contributed by atoms with Crippen molar-refractivity contribution >= 4 is 23.6 Å². The van der Waals surface area contributed by atoms with Crippen LogP contribution in [0.4, 0.5) is 0 Å². The van der Waals surface area contributed by atoms with Crippen molar-refractivity contribution in [2.45, 2.75) is 90.4 Å². The van der Waals surface area contributed by atoms with Crippen LogP contribution in [0.1, 0.15) is 64.5 Å². The lowest BCUT2D eigenvalue weighted by Crippen LogP contribution is -2.64. The van der Waals surface area contributed by atoms with Gasteiger partial charge in [0, 0.05) is 50.8 Å². The van der Waals surface area contributed by atoms with E-state index in [2.05, 4.69) is 37.9 Å². The van der Waals surface area contributed by atoms with E-state index in [1.54, 1.807) is 21.9 Å². The third-order valence-electron chi connectivity index (χ3n) is 10.1. The van der Waals surface area contributed by atoms with E-state index in [4.69, 9.17) is 0 Å². The predicted octanol–water partition coefficient (Wildman–Crippen LogP) is 3.47. The minimum atomic E-state index is -0.536. The SMILES string of the molecule is CC(C)C[C@H]1CNC(=O)C(=O)N1C[C@@H]1CCCN1C[C@H](CC(C)C)N1C[C@H](Cc2ccc(O)cc2)N(CCc2ccccc2)C(=O)C1=O.